The van der Waals surface area contributed by atoms with Gasteiger partial charge < -0.3 is 31.5 Å². The molecule has 174 valence electrons. The molecule has 0 aromatic heterocycles. The Bertz CT molecular complexity index is 696. The summed E-state index contributed by atoms with van der Waals surface area (Å²) < 4.78 is 0. The summed E-state index contributed by atoms with van der Waals surface area (Å²) in [7, 11) is 0. The van der Waals surface area contributed by atoms with Gasteiger partial charge in [-0.05, 0) is 25.7 Å². The molecule has 31 heavy (non-hydrogen) atoms. The molecule has 0 aromatic carbocycles. The number of nitrogens with zero attached hydrogens (tertiary/aromatic N) is 1. The van der Waals surface area contributed by atoms with Crippen molar-refractivity contribution in [2.24, 2.45) is 5.73 Å². The van der Waals surface area contributed by atoms with Crippen LogP contribution in [0.4, 0.5) is 0 Å². The van der Waals surface area contributed by atoms with Crippen LogP contribution in [0.1, 0.15) is 32.1 Å². The maximum Gasteiger partial charge on any atom is 0.322 e. The molecular weight excluding hydrogens is 432 g/mol. The topological polar surface area (TPSA) is 196 Å². The van der Waals surface area contributed by atoms with E-state index in [1.54, 1.807) is 0 Å². The van der Waals surface area contributed by atoms with Gasteiger partial charge in [0, 0.05) is 25.3 Å². The van der Waals surface area contributed by atoms with Crippen LogP contribution < -0.4 is 16.4 Å². The first-order valence-electron chi connectivity index (χ1n) is 9.79. The van der Waals surface area contributed by atoms with Crippen molar-refractivity contribution in [3.8, 4) is 0 Å². The second-order valence-corrected chi connectivity index (χ2v) is 8.04. The number of amides is 3. The number of rotatable bonds is 13. The molecule has 12 nitrogen and oxygen atoms in total. The van der Waals surface area contributed by atoms with E-state index in [1.165, 1.54) is 4.90 Å². The molecule has 1 fully saturated rings. The summed E-state index contributed by atoms with van der Waals surface area (Å²) >= 11 is 0.957. The molecule has 1 heterocycles. The monoisotopic (exact) mass is 460 g/mol. The van der Waals surface area contributed by atoms with Gasteiger partial charge in [0.05, 0.1) is 5.75 Å². The number of thioether (sulfide) groups is 1. The van der Waals surface area contributed by atoms with Crippen LogP contribution in [0, 0.1) is 0 Å². The fourth-order valence-corrected chi connectivity index (χ4v) is 3.65. The van der Waals surface area contributed by atoms with Crippen LogP contribution in [-0.2, 0) is 28.8 Å². The maximum absolute atomic E-state index is 12.2. The highest BCUT2D eigenvalue weighted by Gasteiger charge is 2.26. The van der Waals surface area contributed by atoms with E-state index in [0.717, 1.165) is 31.0 Å². The highest BCUT2D eigenvalue weighted by atomic mass is 32.2. The minimum Gasteiger partial charge on any atom is -0.480 e. The van der Waals surface area contributed by atoms with Crippen LogP contribution in [-0.4, -0.2) is 93.8 Å². The van der Waals surface area contributed by atoms with Gasteiger partial charge in [0.2, 0.25) is 17.6 Å². The number of carboxylic acid groups (broad SMARTS) is 2. The van der Waals surface area contributed by atoms with E-state index in [0.29, 0.717) is 13.1 Å². The lowest BCUT2D eigenvalue weighted by Crippen LogP contribution is -2.49. The fraction of sp³-hybridized carbons (Fsp3) is 0.667. The molecular formula is C18H28N4O8S. The van der Waals surface area contributed by atoms with Gasteiger partial charge in [-0.1, -0.05) is 0 Å². The lowest BCUT2D eigenvalue weighted by atomic mass is 10.1. The molecule has 1 aliphatic rings. The summed E-state index contributed by atoms with van der Waals surface area (Å²) in [5.41, 5.74) is 5.34. The number of Topliss-reactive ketones (excluding diaryl/α,β-unsaturated/α-hetero) is 1. The number of hydrogen-bond donors (Lipinski definition) is 5. The highest BCUT2D eigenvalue weighted by molar-refractivity contribution is 8.00. The first-order valence-corrected chi connectivity index (χ1v) is 10.9. The van der Waals surface area contributed by atoms with Gasteiger partial charge in [-0.25, -0.2) is 0 Å². The zero-order valence-corrected chi connectivity index (χ0v) is 17.8. The van der Waals surface area contributed by atoms with E-state index in [4.69, 9.17) is 15.9 Å². The number of carbonyl (C=O) groups is 6. The number of piperidine rings is 1. The summed E-state index contributed by atoms with van der Waals surface area (Å²) in [5.74, 6) is -5.44. The van der Waals surface area contributed by atoms with Crippen molar-refractivity contribution in [1.82, 2.24) is 15.5 Å². The van der Waals surface area contributed by atoms with Crippen LogP contribution >= 0.6 is 11.8 Å². The van der Waals surface area contributed by atoms with Crippen molar-refractivity contribution in [3.63, 3.8) is 0 Å². The second kappa shape index (κ2) is 13.6. The van der Waals surface area contributed by atoms with Crippen LogP contribution in [0.15, 0.2) is 0 Å². The number of ketones is 1. The number of carboxylic acids is 2. The Labute approximate surface area is 183 Å². The SMILES string of the molecule is NC(CCC(=O)NC(CSCC(=O)C(=O)N1CCCCC1)C(=O)NCC(=O)O)C(=O)O. The molecule has 6 N–H and O–H groups in total. The van der Waals surface area contributed by atoms with Crippen molar-refractivity contribution in [1.29, 1.82) is 0 Å². The third-order valence-electron chi connectivity index (χ3n) is 4.46. The zero-order valence-electron chi connectivity index (χ0n) is 17.0. The fourth-order valence-electron chi connectivity index (χ4n) is 2.75. The van der Waals surface area contributed by atoms with Gasteiger partial charge in [0.15, 0.2) is 0 Å². The van der Waals surface area contributed by atoms with Gasteiger partial charge in [-0.15, -0.1) is 0 Å². The quantitative estimate of drug-likeness (QED) is 0.195. The molecule has 0 aromatic rings. The summed E-state index contributed by atoms with van der Waals surface area (Å²) in [6.07, 6.45) is 2.29. The Balaban J connectivity index is 2.58. The lowest BCUT2D eigenvalue weighted by molar-refractivity contribution is -0.143. The molecule has 2 atom stereocenters. The Kier molecular flexibility index (Phi) is 11.6. The molecule has 2 unspecified atom stereocenters. The van der Waals surface area contributed by atoms with Crippen molar-refractivity contribution in [3.05, 3.63) is 0 Å². The van der Waals surface area contributed by atoms with Crippen LogP contribution in [0.3, 0.4) is 0 Å². The van der Waals surface area contributed by atoms with Crippen LogP contribution in [0.2, 0.25) is 0 Å². The van der Waals surface area contributed by atoms with Crippen molar-refractivity contribution in [2.45, 2.75) is 44.2 Å². The average molecular weight is 461 g/mol. The van der Waals surface area contributed by atoms with Gasteiger partial charge in [0.1, 0.15) is 18.6 Å². The van der Waals surface area contributed by atoms with E-state index in [2.05, 4.69) is 10.6 Å². The third-order valence-corrected chi connectivity index (χ3v) is 5.50. The Morgan fingerprint density at radius 3 is 2.26 bits per heavy atom. The lowest BCUT2D eigenvalue weighted by Gasteiger charge is -2.26. The number of nitrogens with two attached hydrogens (primary N) is 1. The minimum absolute atomic E-state index is 0.0821. The summed E-state index contributed by atoms with van der Waals surface area (Å²) in [6.45, 7) is 0.403. The van der Waals surface area contributed by atoms with Crippen LogP contribution in [0.25, 0.3) is 0 Å². The standard InChI is InChI=1S/C18H28N4O8S/c19-11(18(29)30)4-5-14(24)21-12(16(27)20-8-15(25)26)9-31-10-13(23)17(28)22-6-2-1-3-7-22/h11-12H,1-10,19H2,(H,20,27)(H,21,24)(H,25,26)(H,29,30). The van der Waals surface area contributed by atoms with Gasteiger partial charge in [0.25, 0.3) is 5.91 Å². The van der Waals surface area contributed by atoms with Gasteiger partial charge >= 0.3 is 11.9 Å². The third kappa shape index (κ3) is 10.3. The average Bonchev–Trinajstić information content (AvgIpc) is 2.74. The molecule has 13 heteroatoms. The molecule has 0 aliphatic carbocycles. The molecule has 3 amide bonds. The van der Waals surface area contributed by atoms with E-state index in [9.17, 15) is 28.8 Å². The van der Waals surface area contributed by atoms with E-state index >= 15 is 0 Å². The normalized spacial score (nSPS) is 15.5. The van der Waals surface area contributed by atoms with E-state index < -0.39 is 54.1 Å². The summed E-state index contributed by atoms with van der Waals surface area (Å²) in [5, 5.41) is 22.0. The molecule has 1 aliphatic heterocycles. The highest BCUT2D eigenvalue weighted by Crippen LogP contribution is 2.11. The predicted octanol–water partition coefficient (Wildman–Crippen LogP) is -1.82. The Morgan fingerprint density at radius 1 is 1.03 bits per heavy atom. The smallest absolute Gasteiger partial charge is 0.322 e. The largest absolute Gasteiger partial charge is 0.480 e. The number of likely N-dealkylation sites (tertiary alicyclic amines) is 1. The summed E-state index contributed by atoms with van der Waals surface area (Å²) in [4.78, 5) is 71.4. The second-order valence-electron chi connectivity index (χ2n) is 7.01. The first kappa shape index (κ1) is 26.4. The van der Waals surface area contributed by atoms with Crippen molar-refractivity contribution >= 4 is 47.2 Å². The molecule has 0 radical (unpaired) electrons. The van der Waals surface area contributed by atoms with Crippen molar-refractivity contribution in [2.75, 3.05) is 31.1 Å². The first-order chi connectivity index (χ1) is 14.6. The molecule has 1 rings (SSSR count). The maximum atomic E-state index is 12.2. The number of nitrogens with one attached hydrogen (secondary N) is 2. The van der Waals surface area contributed by atoms with Gasteiger partial charge in [-0.2, -0.15) is 11.8 Å². The number of hydrogen-bond acceptors (Lipinski definition) is 8. The van der Waals surface area contributed by atoms with Crippen molar-refractivity contribution < 1.29 is 39.0 Å². The molecule has 0 saturated carbocycles. The predicted molar refractivity (Wildman–Crippen MR) is 110 cm³/mol. The van der Waals surface area contributed by atoms with Crippen LogP contribution in [0.5, 0.6) is 0 Å². The Morgan fingerprint density at radius 2 is 1.68 bits per heavy atom. The molecule has 0 spiro atoms. The molecule has 0 bridgehead atoms. The minimum atomic E-state index is -1.28. The Hall–Kier alpha value is -2.67. The number of carbonyl (C=O) groups excluding carboxylic acids is 4. The van der Waals surface area contributed by atoms with E-state index in [1.807, 2.05) is 0 Å². The zero-order chi connectivity index (χ0) is 23.4. The summed E-state index contributed by atoms with van der Waals surface area (Å²) in [6, 6.07) is -2.41. The molecule has 1 saturated heterocycles. The van der Waals surface area contributed by atoms with E-state index in [-0.39, 0.29) is 24.3 Å². The van der Waals surface area contributed by atoms with Gasteiger partial charge in [-0.3, -0.25) is 28.8 Å². The number of aliphatic carboxylic acids is 2.